The monoisotopic (exact) mass is 273 g/mol. The van der Waals surface area contributed by atoms with Crippen molar-refractivity contribution in [2.24, 2.45) is 0 Å². The van der Waals surface area contributed by atoms with Gasteiger partial charge in [0.2, 0.25) is 0 Å². The number of aromatic carboxylic acids is 1. The molecule has 0 aliphatic rings. The Hall–Kier alpha value is -2.96. The summed E-state index contributed by atoms with van der Waals surface area (Å²) in [6, 6.07) is 7.03. The van der Waals surface area contributed by atoms with Crippen LogP contribution in [0, 0.1) is 5.82 Å². The summed E-state index contributed by atoms with van der Waals surface area (Å²) in [5.74, 6) is -1.74. The Morgan fingerprint density at radius 1 is 1.20 bits per heavy atom. The molecule has 7 heteroatoms. The molecule has 0 bridgehead atoms. The van der Waals surface area contributed by atoms with Crippen LogP contribution in [-0.2, 0) is 0 Å². The van der Waals surface area contributed by atoms with Crippen LogP contribution in [0.5, 0.6) is 0 Å². The number of halogens is 1. The van der Waals surface area contributed by atoms with Gasteiger partial charge in [0.15, 0.2) is 5.65 Å². The van der Waals surface area contributed by atoms with Crippen molar-refractivity contribution < 1.29 is 14.3 Å². The summed E-state index contributed by atoms with van der Waals surface area (Å²) in [4.78, 5) is 27.0. The summed E-state index contributed by atoms with van der Waals surface area (Å²) in [5.41, 5.74) is -0.293. The van der Waals surface area contributed by atoms with E-state index in [9.17, 15) is 14.0 Å². The molecule has 1 aromatic carbocycles. The van der Waals surface area contributed by atoms with E-state index in [0.29, 0.717) is 11.3 Å². The zero-order valence-electron chi connectivity index (χ0n) is 10.0. The molecule has 6 nitrogen and oxygen atoms in total. The summed E-state index contributed by atoms with van der Waals surface area (Å²) in [7, 11) is 0. The van der Waals surface area contributed by atoms with E-state index in [4.69, 9.17) is 5.11 Å². The third kappa shape index (κ3) is 1.76. The molecule has 0 aliphatic heterocycles. The van der Waals surface area contributed by atoms with Crippen molar-refractivity contribution in [1.82, 2.24) is 14.2 Å². The number of carboxylic acids is 1. The number of carboxylic acid groups (broad SMARTS) is 1. The van der Waals surface area contributed by atoms with Crippen LogP contribution in [0.2, 0.25) is 0 Å². The van der Waals surface area contributed by atoms with Crippen LogP contribution in [0.15, 0.2) is 47.5 Å². The van der Waals surface area contributed by atoms with Gasteiger partial charge in [-0.15, -0.1) is 0 Å². The lowest BCUT2D eigenvalue weighted by Gasteiger charge is -2.06. The van der Waals surface area contributed by atoms with E-state index in [1.54, 1.807) is 12.3 Å². The topological polar surface area (TPSA) is 76.6 Å². The third-order valence-corrected chi connectivity index (χ3v) is 2.87. The maximum absolute atomic E-state index is 12.9. The number of rotatable bonds is 2. The highest BCUT2D eigenvalue weighted by Crippen LogP contribution is 2.10. The average molecular weight is 273 g/mol. The summed E-state index contributed by atoms with van der Waals surface area (Å²) < 4.78 is 15.5. The molecule has 0 unspecified atom stereocenters. The predicted octanol–water partition coefficient (Wildman–Crippen LogP) is 1.32. The van der Waals surface area contributed by atoms with Crippen molar-refractivity contribution in [1.29, 1.82) is 0 Å². The third-order valence-electron chi connectivity index (χ3n) is 2.87. The van der Waals surface area contributed by atoms with Crippen LogP contribution in [0.3, 0.4) is 0 Å². The van der Waals surface area contributed by atoms with E-state index in [2.05, 4.69) is 4.98 Å². The van der Waals surface area contributed by atoms with Gasteiger partial charge in [-0.05, 0) is 24.3 Å². The molecule has 100 valence electrons. The van der Waals surface area contributed by atoms with Gasteiger partial charge in [-0.1, -0.05) is 0 Å². The molecular formula is C13H8FN3O3. The first-order valence-corrected chi connectivity index (χ1v) is 5.66. The number of hydrogen-bond acceptors (Lipinski definition) is 3. The summed E-state index contributed by atoms with van der Waals surface area (Å²) >= 11 is 0. The van der Waals surface area contributed by atoms with Crippen molar-refractivity contribution in [2.75, 3.05) is 0 Å². The van der Waals surface area contributed by atoms with Gasteiger partial charge in [0.25, 0.3) is 5.56 Å². The minimum atomic E-state index is -1.34. The number of hydrogen-bond donors (Lipinski definition) is 1. The second-order valence-electron chi connectivity index (χ2n) is 4.09. The van der Waals surface area contributed by atoms with E-state index in [-0.39, 0.29) is 0 Å². The zero-order valence-corrected chi connectivity index (χ0v) is 10.0. The standard InChI is InChI=1S/C13H8FN3O3/c14-8-1-3-9(4-2-8)16-6-5-11-15-7-10(13(19)20)12(18)17(11)16/h1-7H,(H,19,20). The van der Waals surface area contributed by atoms with E-state index in [0.717, 1.165) is 10.7 Å². The Morgan fingerprint density at radius 3 is 2.55 bits per heavy atom. The summed E-state index contributed by atoms with van der Waals surface area (Å²) in [6.07, 6.45) is 2.58. The van der Waals surface area contributed by atoms with E-state index in [1.165, 1.54) is 28.9 Å². The molecule has 0 radical (unpaired) electrons. The van der Waals surface area contributed by atoms with E-state index in [1.807, 2.05) is 0 Å². The fraction of sp³-hybridized carbons (Fsp3) is 0. The highest BCUT2D eigenvalue weighted by molar-refractivity contribution is 5.86. The summed E-state index contributed by atoms with van der Waals surface area (Å²) in [5, 5.41) is 8.95. The van der Waals surface area contributed by atoms with Gasteiger partial charge in [0, 0.05) is 18.5 Å². The van der Waals surface area contributed by atoms with Crippen LogP contribution < -0.4 is 5.56 Å². The molecule has 0 amide bonds. The van der Waals surface area contributed by atoms with Gasteiger partial charge >= 0.3 is 5.97 Å². The Kier molecular flexibility index (Phi) is 2.60. The van der Waals surface area contributed by atoms with Gasteiger partial charge in [-0.25, -0.2) is 14.2 Å². The lowest BCUT2D eigenvalue weighted by atomic mass is 10.3. The Morgan fingerprint density at radius 2 is 1.90 bits per heavy atom. The number of carbonyl (C=O) groups is 1. The van der Waals surface area contributed by atoms with Crippen molar-refractivity contribution in [3.63, 3.8) is 0 Å². The molecule has 0 atom stereocenters. The van der Waals surface area contributed by atoms with Crippen molar-refractivity contribution in [3.05, 3.63) is 64.5 Å². The van der Waals surface area contributed by atoms with Gasteiger partial charge in [0.1, 0.15) is 11.4 Å². The number of benzene rings is 1. The van der Waals surface area contributed by atoms with Crippen LogP contribution in [-0.4, -0.2) is 25.3 Å². The molecule has 20 heavy (non-hydrogen) atoms. The van der Waals surface area contributed by atoms with E-state index >= 15 is 0 Å². The predicted molar refractivity (Wildman–Crippen MR) is 67.7 cm³/mol. The van der Waals surface area contributed by atoms with Crippen LogP contribution >= 0.6 is 0 Å². The van der Waals surface area contributed by atoms with Crippen molar-refractivity contribution in [2.45, 2.75) is 0 Å². The van der Waals surface area contributed by atoms with Crippen LogP contribution in [0.1, 0.15) is 10.4 Å². The van der Waals surface area contributed by atoms with Crippen LogP contribution in [0.4, 0.5) is 4.39 Å². The largest absolute Gasteiger partial charge is 0.477 e. The minimum absolute atomic E-state index is 0.310. The first-order chi connectivity index (χ1) is 9.58. The highest BCUT2D eigenvalue weighted by Gasteiger charge is 2.14. The Bertz CT molecular complexity index is 865. The first kappa shape index (κ1) is 12.1. The molecule has 0 saturated carbocycles. The zero-order chi connectivity index (χ0) is 14.3. The Balaban J connectivity index is 2.32. The number of fused-ring (bicyclic) bond motifs is 1. The minimum Gasteiger partial charge on any atom is -0.477 e. The summed E-state index contributed by atoms with van der Waals surface area (Å²) in [6.45, 7) is 0. The van der Waals surface area contributed by atoms with E-state index < -0.39 is 22.9 Å². The second-order valence-corrected chi connectivity index (χ2v) is 4.09. The lowest BCUT2D eigenvalue weighted by Crippen LogP contribution is -2.26. The quantitative estimate of drug-likeness (QED) is 0.764. The average Bonchev–Trinajstić information content (AvgIpc) is 2.84. The van der Waals surface area contributed by atoms with Crippen molar-refractivity contribution in [3.8, 4) is 5.69 Å². The molecule has 3 aromatic rings. The van der Waals surface area contributed by atoms with Gasteiger partial charge in [0.05, 0.1) is 5.69 Å². The molecule has 1 N–H and O–H groups in total. The maximum Gasteiger partial charge on any atom is 0.343 e. The molecule has 0 spiro atoms. The number of nitrogens with zero attached hydrogens (tertiary/aromatic N) is 3. The fourth-order valence-electron chi connectivity index (χ4n) is 1.93. The smallest absolute Gasteiger partial charge is 0.343 e. The fourth-order valence-corrected chi connectivity index (χ4v) is 1.93. The first-order valence-electron chi connectivity index (χ1n) is 5.66. The molecule has 0 aliphatic carbocycles. The van der Waals surface area contributed by atoms with Crippen molar-refractivity contribution >= 4 is 11.6 Å². The molecule has 2 aromatic heterocycles. The Labute approximate surface area is 111 Å². The SMILES string of the molecule is O=C(O)c1cnc2ccn(-c3ccc(F)cc3)n2c1=O. The molecule has 3 rings (SSSR count). The van der Waals surface area contributed by atoms with Crippen LogP contribution in [0.25, 0.3) is 11.3 Å². The molecular weight excluding hydrogens is 265 g/mol. The normalized spacial score (nSPS) is 10.8. The molecule has 0 fully saturated rings. The second kappa shape index (κ2) is 4.30. The molecule has 0 saturated heterocycles. The van der Waals surface area contributed by atoms with Gasteiger partial charge < -0.3 is 5.11 Å². The van der Waals surface area contributed by atoms with Gasteiger partial charge in [-0.2, -0.15) is 4.52 Å². The molecule has 2 heterocycles. The highest BCUT2D eigenvalue weighted by atomic mass is 19.1. The van der Waals surface area contributed by atoms with Gasteiger partial charge in [-0.3, -0.25) is 9.48 Å². The maximum atomic E-state index is 12.9. The number of aromatic nitrogens is 3. The lowest BCUT2D eigenvalue weighted by molar-refractivity contribution is 0.0694.